The van der Waals surface area contributed by atoms with Crippen LogP contribution < -0.4 is 14.8 Å². The molecule has 0 aliphatic carbocycles. The van der Waals surface area contributed by atoms with Gasteiger partial charge in [0.15, 0.2) is 11.5 Å². The summed E-state index contributed by atoms with van der Waals surface area (Å²) in [5.74, 6) is 2.04. The monoisotopic (exact) mass is 339 g/mol. The van der Waals surface area contributed by atoms with Gasteiger partial charge in [0, 0.05) is 31.0 Å². The molecule has 2 aromatic rings. The lowest BCUT2D eigenvalue weighted by Gasteiger charge is -2.27. The van der Waals surface area contributed by atoms with Crippen molar-refractivity contribution in [1.29, 1.82) is 0 Å². The first-order chi connectivity index (χ1) is 12.3. The Balaban J connectivity index is 1.57. The summed E-state index contributed by atoms with van der Waals surface area (Å²) in [6, 6.07) is 9.26. The van der Waals surface area contributed by atoms with Crippen molar-refractivity contribution in [2.45, 2.75) is 19.3 Å². The summed E-state index contributed by atoms with van der Waals surface area (Å²) >= 11 is 0. The Bertz CT molecular complexity index is 772. The average Bonchev–Trinajstić information content (AvgIpc) is 2.68. The van der Waals surface area contributed by atoms with Gasteiger partial charge in [0.25, 0.3) is 5.91 Å². The average molecular weight is 339 g/mol. The number of anilines is 2. The Kier molecular flexibility index (Phi) is 4.41. The quantitative estimate of drug-likeness (QED) is 0.930. The van der Waals surface area contributed by atoms with Gasteiger partial charge in [-0.3, -0.25) is 4.79 Å². The van der Waals surface area contributed by atoms with E-state index >= 15 is 0 Å². The Morgan fingerprint density at radius 1 is 1.04 bits per heavy atom. The van der Waals surface area contributed by atoms with Gasteiger partial charge >= 0.3 is 0 Å². The third-order valence-electron chi connectivity index (χ3n) is 4.49. The predicted molar refractivity (Wildman–Crippen MR) is 94.7 cm³/mol. The van der Waals surface area contributed by atoms with Gasteiger partial charge < -0.3 is 19.7 Å². The van der Waals surface area contributed by atoms with Gasteiger partial charge in [-0.15, -0.1) is 0 Å². The van der Waals surface area contributed by atoms with Crippen LogP contribution in [0.1, 0.15) is 29.6 Å². The molecule has 1 N–H and O–H groups in total. The Labute approximate surface area is 146 Å². The van der Waals surface area contributed by atoms with Crippen LogP contribution in [0.2, 0.25) is 0 Å². The molecular formula is C19H21N3O3. The number of likely N-dealkylation sites (tertiary alicyclic amines) is 1. The first-order valence-corrected chi connectivity index (χ1v) is 8.72. The van der Waals surface area contributed by atoms with Crippen molar-refractivity contribution in [3.8, 4) is 11.5 Å². The SMILES string of the molecule is O=C(c1cccnc1Nc1ccc2c(c1)OCCO2)N1CCCCC1. The molecule has 1 aromatic carbocycles. The number of benzene rings is 1. The summed E-state index contributed by atoms with van der Waals surface area (Å²) in [7, 11) is 0. The van der Waals surface area contributed by atoms with Crippen molar-refractivity contribution < 1.29 is 14.3 Å². The molecule has 130 valence electrons. The minimum absolute atomic E-state index is 0.0350. The molecular weight excluding hydrogens is 318 g/mol. The molecule has 6 heteroatoms. The van der Waals surface area contributed by atoms with Crippen LogP contribution in [0.3, 0.4) is 0 Å². The van der Waals surface area contributed by atoms with Crippen LogP contribution in [0, 0.1) is 0 Å². The summed E-state index contributed by atoms with van der Waals surface area (Å²) in [6.45, 7) is 2.74. The molecule has 4 rings (SSSR count). The maximum absolute atomic E-state index is 12.8. The van der Waals surface area contributed by atoms with E-state index in [9.17, 15) is 4.79 Å². The standard InChI is InChI=1S/C19H21N3O3/c23-19(22-9-2-1-3-10-22)15-5-4-8-20-18(15)21-14-6-7-16-17(13-14)25-12-11-24-16/h4-8,13H,1-3,9-12H2,(H,20,21). The molecule has 0 atom stereocenters. The summed E-state index contributed by atoms with van der Waals surface area (Å²) in [4.78, 5) is 19.1. The fourth-order valence-electron chi connectivity index (χ4n) is 3.20. The van der Waals surface area contributed by atoms with Gasteiger partial charge in [-0.05, 0) is 43.5 Å². The van der Waals surface area contributed by atoms with Crippen LogP contribution in [0.25, 0.3) is 0 Å². The number of hydrogen-bond donors (Lipinski definition) is 1. The number of nitrogens with zero attached hydrogens (tertiary/aromatic N) is 2. The molecule has 3 heterocycles. The Hall–Kier alpha value is -2.76. The Morgan fingerprint density at radius 3 is 2.68 bits per heavy atom. The number of amides is 1. The summed E-state index contributed by atoms with van der Waals surface area (Å²) in [6.07, 6.45) is 5.01. The zero-order valence-corrected chi connectivity index (χ0v) is 14.0. The van der Waals surface area contributed by atoms with Gasteiger partial charge in [0.1, 0.15) is 19.0 Å². The van der Waals surface area contributed by atoms with Crippen molar-refractivity contribution in [2.24, 2.45) is 0 Å². The molecule has 0 bridgehead atoms. The van der Waals surface area contributed by atoms with E-state index in [1.165, 1.54) is 6.42 Å². The molecule has 1 amide bonds. The summed E-state index contributed by atoms with van der Waals surface area (Å²) in [5.41, 5.74) is 1.41. The van der Waals surface area contributed by atoms with Crippen molar-refractivity contribution in [3.05, 3.63) is 42.1 Å². The molecule has 0 spiro atoms. The van der Waals surface area contributed by atoms with Crippen LogP contribution in [0.4, 0.5) is 11.5 Å². The number of pyridine rings is 1. The highest BCUT2D eigenvalue weighted by molar-refractivity contribution is 5.99. The second kappa shape index (κ2) is 7.01. The number of piperidine rings is 1. The predicted octanol–water partition coefficient (Wildman–Crippen LogP) is 3.22. The van der Waals surface area contributed by atoms with Gasteiger partial charge in [-0.1, -0.05) is 0 Å². The van der Waals surface area contributed by atoms with Crippen LogP contribution in [-0.4, -0.2) is 42.1 Å². The number of nitrogens with one attached hydrogen (secondary N) is 1. The largest absolute Gasteiger partial charge is 0.486 e. The maximum atomic E-state index is 12.8. The number of hydrogen-bond acceptors (Lipinski definition) is 5. The smallest absolute Gasteiger partial charge is 0.257 e. The molecule has 1 saturated heterocycles. The van der Waals surface area contributed by atoms with Gasteiger partial charge in [-0.25, -0.2) is 4.98 Å². The molecule has 0 radical (unpaired) electrons. The van der Waals surface area contributed by atoms with E-state index in [4.69, 9.17) is 9.47 Å². The lowest BCUT2D eigenvalue weighted by molar-refractivity contribution is 0.0725. The highest BCUT2D eigenvalue weighted by Crippen LogP contribution is 2.33. The zero-order chi connectivity index (χ0) is 17.1. The lowest BCUT2D eigenvalue weighted by atomic mass is 10.1. The lowest BCUT2D eigenvalue weighted by Crippen LogP contribution is -2.36. The first-order valence-electron chi connectivity index (χ1n) is 8.72. The van der Waals surface area contributed by atoms with Gasteiger partial charge in [0.2, 0.25) is 0 Å². The maximum Gasteiger partial charge on any atom is 0.257 e. The van der Waals surface area contributed by atoms with E-state index in [1.54, 1.807) is 12.3 Å². The van der Waals surface area contributed by atoms with Crippen LogP contribution in [-0.2, 0) is 0 Å². The number of ether oxygens (including phenoxy) is 2. The molecule has 6 nitrogen and oxygen atoms in total. The van der Waals surface area contributed by atoms with E-state index in [-0.39, 0.29) is 5.91 Å². The second-order valence-electron chi connectivity index (χ2n) is 6.24. The van der Waals surface area contributed by atoms with Gasteiger partial charge in [0.05, 0.1) is 5.56 Å². The van der Waals surface area contributed by atoms with Crippen LogP contribution in [0.5, 0.6) is 11.5 Å². The second-order valence-corrected chi connectivity index (χ2v) is 6.24. The van der Waals surface area contributed by atoms with Crippen molar-refractivity contribution in [3.63, 3.8) is 0 Å². The number of rotatable bonds is 3. The number of aromatic nitrogens is 1. The van der Waals surface area contributed by atoms with E-state index in [1.807, 2.05) is 29.2 Å². The fraction of sp³-hybridized carbons (Fsp3) is 0.368. The van der Waals surface area contributed by atoms with Gasteiger partial charge in [-0.2, -0.15) is 0 Å². The summed E-state index contributed by atoms with van der Waals surface area (Å²) in [5, 5.41) is 3.25. The van der Waals surface area contributed by atoms with E-state index < -0.39 is 0 Å². The van der Waals surface area contributed by atoms with E-state index in [0.29, 0.717) is 30.3 Å². The number of carbonyl (C=O) groups is 1. The highest BCUT2D eigenvalue weighted by Gasteiger charge is 2.21. The third kappa shape index (κ3) is 3.38. The molecule has 2 aliphatic heterocycles. The molecule has 25 heavy (non-hydrogen) atoms. The molecule has 2 aliphatic rings. The van der Waals surface area contributed by atoms with Crippen molar-refractivity contribution in [2.75, 3.05) is 31.6 Å². The summed E-state index contributed by atoms with van der Waals surface area (Å²) < 4.78 is 11.2. The minimum Gasteiger partial charge on any atom is -0.486 e. The molecule has 1 aromatic heterocycles. The number of carbonyl (C=O) groups excluding carboxylic acids is 1. The zero-order valence-electron chi connectivity index (χ0n) is 14.0. The fourth-order valence-corrected chi connectivity index (χ4v) is 3.20. The normalized spacial score (nSPS) is 16.4. The number of fused-ring (bicyclic) bond motifs is 1. The van der Waals surface area contributed by atoms with E-state index in [2.05, 4.69) is 10.3 Å². The molecule has 1 fully saturated rings. The minimum atomic E-state index is 0.0350. The third-order valence-corrected chi connectivity index (χ3v) is 4.49. The highest BCUT2D eigenvalue weighted by atomic mass is 16.6. The molecule has 0 unspecified atom stereocenters. The molecule has 0 saturated carbocycles. The van der Waals surface area contributed by atoms with Crippen molar-refractivity contribution in [1.82, 2.24) is 9.88 Å². The first kappa shape index (κ1) is 15.7. The van der Waals surface area contributed by atoms with E-state index in [0.717, 1.165) is 37.4 Å². The Morgan fingerprint density at radius 2 is 1.84 bits per heavy atom. The van der Waals surface area contributed by atoms with Crippen LogP contribution >= 0.6 is 0 Å². The topological polar surface area (TPSA) is 63.7 Å². The van der Waals surface area contributed by atoms with Crippen LogP contribution in [0.15, 0.2) is 36.5 Å². The van der Waals surface area contributed by atoms with Crippen molar-refractivity contribution >= 4 is 17.4 Å².